The number of primary amides is 1. The Morgan fingerprint density at radius 1 is 1.33 bits per heavy atom. The highest BCUT2D eigenvalue weighted by Gasteiger charge is 2.30. The second-order valence-electron chi connectivity index (χ2n) is 4.20. The van der Waals surface area contributed by atoms with E-state index in [9.17, 15) is 4.79 Å². The van der Waals surface area contributed by atoms with Crippen molar-refractivity contribution in [3.05, 3.63) is 18.1 Å². The number of hydrogen-bond donors (Lipinski definition) is 2. The summed E-state index contributed by atoms with van der Waals surface area (Å²) in [4.78, 5) is 21.9. The second kappa shape index (κ2) is 5.26. The van der Waals surface area contributed by atoms with Gasteiger partial charge in [-0.1, -0.05) is 12.2 Å². The van der Waals surface area contributed by atoms with Crippen LogP contribution in [0.3, 0.4) is 0 Å². The first-order valence-electron chi connectivity index (χ1n) is 5.78. The minimum Gasteiger partial charge on any atom is -0.388 e. The number of anilines is 1. The molecule has 18 heavy (non-hydrogen) atoms. The molecule has 1 aliphatic rings. The molecule has 0 aromatic carbocycles. The van der Waals surface area contributed by atoms with Gasteiger partial charge in [0.25, 0.3) is 0 Å². The molecule has 1 amide bonds. The van der Waals surface area contributed by atoms with Crippen molar-refractivity contribution in [3.8, 4) is 0 Å². The highest BCUT2D eigenvalue weighted by Crippen LogP contribution is 2.24. The monoisotopic (exact) mass is 265 g/mol. The van der Waals surface area contributed by atoms with E-state index in [1.54, 1.807) is 6.20 Å². The summed E-state index contributed by atoms with van der Waals surface area (Å²) in [7, 11) is 0. The predicted molar refractivity (Wildman–Crippen MR) is 72.1 cm³/mol. The van der Waals surface area contributed by atoms with Crippen LogP contribution in [-0.2, 0) is 4.79 Å². The van der Waals surface area contributed by atoms with E-state index in [4.69, 9.17) is 23.7 Å². The van der Waals surface area contributed by atoms with Crippen molar-refractivity contribution in [1.82, 2.24) is 9.97 Å². The van der Waals surface area contributed by atoms with E-state index in [0.717, 1.165) is 19.3 Å². The summed E-state index contributed by atoms with van der Waals surface area (Å²) in [6.45, 7) is 0.710. The predicted octanol–water partition coefficient (Wildman–Crippen LogP) is -0.0450. The quantitative estimate of drug-likeness (QED) is 0.744. The number of amides is 1. The molecule has 2 heterocycles. The molecule has 1 aromatic rings. The molecule has 0 bridgehead atoms. The molecule has 6 nitrogen and oxygen atoms in total. The van der Waals surface area contributed by atoms with Crippen LogP contribution in [0.5, 0.6) is 0 Å². The molecular formula is C11H15N5OS. The molecule has 1 aromatic heterocycles. The van der Waals surface area contributed by atoms with Crippen LogP contribution in [0.1, 0.15) is 25.0 Å². The highest BCUT2D eigenvalue weighted by atomic mass is 32.1. The summed E-state index contributed by atoms with van der Waals surface area (Å²) >= 11 is 4.96. The van der Waals surface area contributed by atoms with Crippen LogP contribution < -0.4 is 16.4 Å². The zero-order valence-electron chi connectivity index (χ0n) is 9.87. The van der Waals surface area contributed by atoms with Gasteiger partial charge in [0.2, 0.25) is 5.91 Å². The van der Waals surface area contributed by atoms with Gasteiger partial charge in [0.05, 0.1) is 0 Å². The van der Waals surface area contributed by atoms with E-state index in [0.29, 0.717) is 18.1 Å². The molecule has 1 saturated heterocycles. The van der Waals surface area contributed by atoms with Crippen LogP contribution in [0.15, 0.2) is 12.4 Å². The van der Waals surface area contributed by atoms with Crippen molar-refractivity contribution in [1.29, 1.82) is 0 Å². The third-order valence-corrected chi connectivity index (χ3v) is 3.21. The Morgan fingerprint density at radius 3 is 2.72 bits per heavy atom. The zero-order chi connectivity index (χ0) is 13.1. The van der Waals surface area contributed by atoms with Gasteiger partial charge in [-0.25, -0.2) is 9.97 Å². The molecule has 96 valence electrons. The lowest BCUT2D eigenvalue weighted by molar-refractivity contribution is -0.119. The van der Waals surface area contributed by atoms with Gasteiger partial charge in [-0.15, -0.1) is 0 Å². The molecule has 1 aliphatic heterocycles. The number of carbonyl (C=O) groups excluding carboxylic acids is 1. The Balaban J connectivity index is 2.39. The minimum absolute atomic E-state index is 0.173. The summed E-state index contributed by atoms with van der Waals surface area (Å²) in [6.07, 6.45) is 5.78. The van der Waals surface area contributed by atoms with Gasteiger partial charge in [-0.05, 0) is 19.3 Å². The molecule has 2 rings (SSSR count). The molecule has 1 atom stereocenters. The molecule has 0 aliphatic carbocycles. The molecular weight excluding hydrogens is 250 g/mol. The fourth-order valence-electron chi connectivity index (χ4n) is 2.20. The van der Waals surface area contributed by atoms with Gasteiger partial charge in [0, 0.05) is 18.9 Å². The molecule has 7 heteroatoms. The molecule has 1 fully saturated rings. The first-order valence-corrected chi connectivity index (χ1v) is 6.19. The fraction of sp³-hybridized carbons (Fsp3) is 0.455. The lowest BCUT2D eigenvalue weighted by Crippen LogP contribution is -2.49. The Bertz CT molecular complexity index is 478. The van der Waals surface area contributed by atoms with Crippen molar-refractivity contribution >= 4 is 28.9 Å². The minimum atomic E-state index is -0.358. The number of piperidine rings is 1. The normalized spacial score (nSPS) is 19.6. The molecule has 0 spiro atoms. The topological polar surface area (TPSA) is 98.1 Å². The molecule has 0 saturated carbocycles. The number of thiocarbonyl (C=S) groups is 1. The van der Waals surface area contributed by atoms with E-state index in [-0.39, 0.29) is 16.9 Å². The zero-order valence-corrected chi connectivity index (χ0v) is 10.7. The summed E-state index contributed by atoms with van der Waals surface area (Å²) in [5, 5.41) is 0. The van der Waals surface area contributed by atoms with E-state index >= 15 is 0 Å². The van der Waals surface area contributed by atoms with E-state index in [1.165, 1.54) is 6.20 Å². The second-order valence-corrected chi connectivity index (χ2v) is 4.64. The maximum atomic E-state index is 11.5. The van der Waals surface area contributed by atoms with Gasteiger partial charge >= 0.3 is 0 Å². The van der Waals surface area contributed by atoms with Gasteiger partial charge in [-0.3, -0.25) is 4.79 Å². The van der Waals surface area contributed by atoms with Crippen LogP contribution >= 0.6 is 12.2 Å². The van der Waals surface area contributed by atoms with Crippen LogP contribution in [0, 0.1) is 0 Å². The van der Waals surface area contributed by atoms with Crippen LogP contribution in [0.4, 0.5) is 5.82 Å². The Labute approximate surface area is 110 Å². The number of hydrogen-bond acceptors (Lipinski definition) is 5. The van der Waals surface area contributed by atoms with Crippen molar-refractivity contribution in [2.75, 3.05) is 11.4 Å². The Hall–Kier alpha value is -1.76. The van der Waals surface area contributed by atoms with E-state index in [1.807, 2.05) is 4.90 Å². The lowest BCUT2D eigenvalue weighted by Gasteiger charge is -2.35. The summed E-state index contributed by atoms with van der Waals surface area (Å²) in [5.41, 5.74) is 11.5. The first kappa shape index (κ1) is 12.7. The Morgan fingerprint density at radius 2 is 2.06 bits per heavy atom. The molecule has 4 N–H and O–H groups in total. The summed E-state index contributed by atoms with van der Waals surface area (Å²) in [6, 6.07) is -0.358. The van der Waals surface area contributed by atoms with E-state index < -0.39 is 0 Å². The number of rotatable bonds is 3. The number of nitrogens with two attached hydrogens (primary N) is 2. The Kier molecular flexibility index (Phi) is 3.71. The fourth-order valence-corrected chi connectivity index (χ4v) is 2.34. The highest BCUT2D eigenvalue weighted by molar-refractivity contribution is 7.80. The molecule has 0 radical (unpaired) electrons. The van der Waals surface area contributed by atoms with Gasteiger partial charge in [-0.2, -0.15) is 0 Å². The summed E-state index contributed by atoms with van der Waals surface area (Å²) in [5.74, 6) is 0.197. The third kappa shape index (κ3) is 2.40. The van der Waals surface area contributed by atoms with Crippen LogP contribution in [0.2, 0.25) is 0 Å². The van der Waals surface area contributed by atoms with Crippen LogP contribution in [0.25, 0.3) is 0 Å². The largest absolute Gasteiger partial charge is 0.388 e. The summed E-state index contributed by atoms with van der Waals surface area (Å²) < 4.78 is 0. The van der Waals surface area contributed by atoms with Gasteiger partial charge in [0.15, 0.2) is 5.82 Å². The number of carbonyl (C=O) groups is 1. The van der Waals surface area contributed by atoms with Crippen LogP contribution in [-0.4, -0.2) is 33.5 Å². The average molecular weight is 265 g/mol. The van der Waals surface area contributed by atoms with Gasteiger partial charge < -0.3 is 16.4 Å². The van der Waals surface area contributed by atoms with E-state index in [2.05, 4.69) is 9.97 Å². The average Bonchev–Trinajstić information content (AvgIpc) is 2.38. The number of nitrogens with zero attached hydrogens (tertiary/aromatic N) is 3. The maximum Gasteiger partial charge on any atom is 0.240 e. The maximum absolute atomic E-state index is 11.5. The van der Waals surface area contributed by atoms with Gasteiger partial charge in [0.1, 0.15) is 16.7 Å². The van der Waals surface area contributed by atoms with Crippen molar-refractivity contribution < 1.29 is 4.79 Å². The smallest absolute Gasteiger partial charge is 0.240 e. The lowest BCUT2D eigenvalue weighted by atomic mass is 10.0. The van der Waals surface area contributed by atoms with Crippen molar-refractivity contribution in [3.63, 3.8) is 0 Å². The van der Waals surface area contributed by atoms with Crippen molar-refractivity contribution in [2.24, 2.45) is 11.5 Å². The molecule has 1 unspecified atom stereocenters. The SMILES string of the molecule is NC(=O)C1CCCCN1c1nccnc1C(N)=S. The third-order valence-electron chi connectivity index (χ3n) is 3.02. The number of aromatic nitrogens is 2. The first-order chi connectivity index (χ1) is 8.61. The van der Waals surface area contributed by atoms with Crippen molar-refractivity contribution in [2.45, 2.75) is 25.3 Å². The standard InChI is InChI=1S/C11H15N5OS/c12-9(17)7-3-1-2-6-16(7)11-8(10(13)18)14-4-5-15-11/h4-5,7H,1-3,6H2,(H2,12,17)(H2,13,18).